The fraction of sp³-hybridized carbons (Fsp3) is 0.667. The van der Waals surface area contributed by atoms with Gasteiger partial charge in [0.25, 0.3) is 0 Å². The molecule has 0 rings (SSSR count). The van der Waals surface area contributed by atoms with E-state index in [1.54, 1.807) is 0 Å². The van der Waals surface area contributed by atoms with Crippen molar-refractivity contribution in [1.82, 2.24) is 0 Å². The van der Waals surface area contributed by atoms with Gasteiger partial charge in [0.1, 0.15) is 6.04 Å². The van der Waals surface area contributed by atoms with Gasteiger partial charge in [-0.1, -0.05) is 0 Å². The van der Waals surface area contributed by atoms with Crippen LogP contribution in [0.15, 0.2) is 0 Å². The normalized spacial score (nSPS) is 11.8. The van der Waals surface area contributed by atoms with Gasteiger partial charge in [0.2, 0.25) is 0 Å². The number of carboxylic acid groups (broad SMARTS) is 1. The van der Waals surface area contributed by atoms with Crippen LogP contribution >= 0.6 is 0 Å². The summed E-state index contributed by atoms with van der Waals surface area (Å²) >= 11 is 0. The molecule has 0 aromatic carbocycles. The van der Waals surface area contributed by atoms with Gasteiger partial charge in [0, 0.05) is 23.6 Å². The van der Waals surface area contributed by atoms with Crippen LogP contribution in [-0.2, 0) is 21.9 Å². The van der Waals surface area contributed by atoms with Gasteiger partial charge in [0.15, 0.2) is 0 Å². The molecule has 0 fully saturated rings. The minimum Gasteiger partial charge on any atom is -0.480 e. The molecule has 0 aliphatic carbocycles. The van der Waals surface area contributed by atoms with Gasteiger partial charge in [-0.25, -0.2) is 0 Å². The summed E-state index contributed by atoms with van der Waals surface area (Å²) in [6, 6.07) is -0.903. The van der Waals surface area contributed by atoms with Crippen LogP contribution in [0.3, 0.4) is 0 Å². The van der Waals surface area contributed by atoms with Crippen LogP contribution in [0.2, 0.25) is 0 Å². The van der Waals surface area contributed by atoms with Gasteiger partial charge in [0.05, 0.1) is 0 Å². The minimum absolute atomic E-state index is 0. The Balaban J connectivity index is 0. The molecular weight excluding hydrogens is 160 g/mol. The number of nitrogens with two attached hydrogens (primary N) is 2. The van der Waals surface area contributed by atoms with Crippen LogP contribution < -0.4 is 11.5 Å². The Bertz CT molecular complexity index is 77.7. The summed E-state index contributed by atoms with van der Waals surface area (Å²) in [7, 11) is 0. The van der Waals surface area contributed by atoms with Gasteiger partial charge < -0.3 is 16.6 Å². The Morgan fingerprint density at radius 2 is 2.12 bits per heavy atom. The van der Waals surface area contributed by atoms with Crippen molar-refractivity contribution in [3.8, 4) is 0 Å². The summed E-state index contributed by atoms with van der Waals surface area (Å²) in [4.78, 5) is 9.73. The molecule has 0 aliphatic heterocycles. The Morgan fingerprint density at radius 3 is 2.12 bits per heavy atom. The molecule has 1 atom stereocenters. The van der Waals surface area contributed by atoms with Crippen molar-refractivity contribution >= 4 is 5.97 Å². The molecule has 0 aromatic heterocycles. The average molecular weight is 168 g/mol. The fourth-order valence-corrected chi connectivity index (χ4v) is 0.101. The van der Waals surface area contributed by atoms with E-state index in [2.05, 4.69) is 0 Å². The van der Waals surface area contributed by atoms with Gasteiger partial charge in [-0.15, -0.1) is 0 Å². The molecule has 4 nitrogen and oxygen atoms in total. The number of rotatable bonds is 2. The maximum atomic E-state index is 9.73. The number of hydrogen-bond donors (Lipinski definition) is 3. The summed E-state index contributed by atoms with van der Waals surface area (Å²) in [6.45, 7) is -0.00463. The maximum Gasteiger partial charge on any atom is 0.321 e. The summed E-state index contributed by atoms with van der Waals surface area (Å²) in [5.74, 6) is -1.05. The van der Waals surface area contributed by atoms with E-state index in [1.807, 2.05) is 0 Å². The van der Waals surface area contributed by atoms with Gasteiger partial charge in [-0.05, 0) is 0 Å². The van der Waals surface area contributed by atoms with Gasteiger partial charge >= 0.3 is 5.97 Å². The van der Waals surface area contributed by atoms with Crippen molar-refractivity contribution in [2.75, 3.05) is 6.54 Å². The standard InChI is InChI=1S/C3H8N2O2.Cu/c4-1-2(5)3(6)7;/h2H,1,4-5H2,(H,6,7);. The van der Waals surface area contributed by atoms with E-state index in [9.17, 15) is 4.79 Å². The predicted molar refractivity (Wildman–Crippen MR) is 24.7 cm³/mol. The summed E-state index contributed by atoms with van der Waals surface area (Å²) in [5, 5.41) is 7.98. The molecule has 5 N–H and O–H groups in total. The quantitative estimate of drug-likeness (QED) is 0.430. The minimum atomic E-state index is -1.05. The van der Waals surface area contributed by atoms with Crippen LogP contribution in [0.4, 0.5) is 0 Å². The molecule has 0 saturated carbocycles. The molecule has 0 saturated heterocycles. The van der Waals surface area contributed by atoms with Crippen LogP contribution in [0.1, 0.15) is 0 Å². The molecule has 8 heavy (non-hydrogen) atoms. The van der Waals surface area contributed by atoms with Gasteiger partial charge in [-0.2, -0.15) is 0 Å². The van der Waals surface area contributed by atoms with E-state index in [0.717, 1.165) is 0 Å². The molecule has 0 aromatic rings. The topological polar surface area (TPSA) is 89.3 Å². The van der Waals surface area contributed by atoms with E-state index in [-0.39, 0.29) is 23.6 Å². The van der Waals surface area contributed by atoms with Crippen LogP contribution in [0.25, 0.3) is 0 Å². The van der Waals surface area contributed by atoms with Crippen LogP contribution in [-0.4, -0.2) is 23.7 Å². The summed E-state index contributed by atoms with van der Waals surface area (Å²) in [6.07, 6.45) is 0. The van der Waals surface area contributed by atoms with Crippen molar-refractivity contribution in [3.63, 3.8) is 0 Å². The van der Waals surface area contributed by atoms with Crippen molar-refractivity contribution < 1.29 is 27.0 Å². The molecule has 0 bridgehead atoms. The molecule has 0 aliphatic rings. The maximum absolute atomic E-state index is 9.73. The second-order valence-electron chi connectivity index (χ2n) is 1.18. The summed E-state index contributed by atoms with van der Waals surface area (Å²) < 4.78 is 0. The molecule has 0 spiro atoms. The molecular formula is C3H8CuN2O2. The molecule has 0 heterocycles. The molecule has 1 radical (unpaired) electrons. The molecule has 53 valence electrons. The number of carboxylic acids is 1. The SMILES string of the molecule is NCC(N)C(=O)O.[Cu]. The Labute approximate surface area is 57.7 Å². The second-order valence-corrected chi connectivity index (χ2v) is 1.18. The van der Waals surface area contributed by atoms with Crippen molar-refractivity contribution in [2.24, 2.45) is 11.5 Å². The van der Waals surface area contributed by atoms with Crippen LogP contribution in [0.5, 0.6) is 0 Å². The first kappa shape index (κ1) is 10.8. The monoisotopic (exact) mass is 167 g/mol. The zero-order valence-corrected chi connectivity index (χ0v) is 5.04. The average Bonchev–Trinajstić information content (AvgIpc) is 1.65. The van der Waals surface area contributed by atoms with E-state index in [4.69, 9.17) is 16.6 Å². The van der Waals surface area contributed by atoms with Crippen molar-refractivity contribution in [2.45, 2.75) is 6.04 Å². The third-order valence-corrected chi connectivity index (χ3v) is 0.571. The number of aliphatic carboxylic acids is 1. The first-order valence-corrected chi connectivity index (χ1v) is 1.87. The molecule has 1 unspecified atom stereocenters. The Hall–Kier alpha value is -0.0905. The number of carbonyl (C=O) groups is 1. The molecule has 0 amide bonds. The number of hydrogen-bond acceptors (Lipinski definition) is 3. The zero-order valence-electron chi connectivity index (χ0n) is 4.10. The third kappa shape index (κ3) is 4.08. The summed E-state index contributed by atoms with van der Waals surface area (Å²) in [5.41, 5.74) is 9.76. The Kier molecular flexibility index (Phi) is 6.83. The first-order valence-electron chi connectivity index (χ1n) is 1.87. The van der Waals surface area contributed by atoms with E-state index in [1.165, 1.54) is 0 Å². The Morgan fingerprint density at radius 1 is 1.75 bits per heavy atom. The second kappa shape index (κ2) is 5.05. The first-order chi connectivity index (χ1) is 3.18. The van der Waals surface area contributed by atoms with E-state index in [0.29, 0.717) is 0 Å². The largest absolute Gasteiger partial charge is 0.480 e. The van der Waals surface area contributed by atoms with E-state index >= 15 is 0 Å². The smallest absolute Gasteiger partial charge is 0.321 e. The zero-order chi connectivity index (χ0) is 5.86. The van der Waals surface area contributed by atoms with Crippen LogP contribution in [0, 0.1) is 0 Å². The predicted octanol–water partition coefficient (Wildman–Crippen LogP) is -1.65. The van der Waals surface area contributed by atoms with E-state index < -0.39 is 12.0 Å². The third-order valence-electron chi connectivity index (χ3n) is 0.571. The fourth-order valence-electron chi connectivity index (χ4n) is 0.101. The molecule has 5 heteroatoms. The van der Waals surface area contributed by atoms with Crippen molar-refractivity contribution in [1.29, 1.82) is 0 Å². The van der Waals surface area contributed by atoms with Gasteiger partial charge in [-0.3, -0.25) is 4.79 Å². The van der Waals surface area contributed by atoms with Crippen molar-refractivity contribution in [3.05, 3.63) is 0 Å².